The first-order chi connectivity index (χ1) is 10.7. The van der Waals surface area contributed by atoms with Crippen molar-refractivity contribution in [3.8, 4) is 11.5 Å². The standard InChI is InChI=1S/C16H14N4O2/c17-15(21)12-8-4-5-9-13(12)18-10-14-19-20-16(22-14)11-6-2-1-3-7-11/h1-9,18H,10H2,(H2,17,21). The zero-order valence-corrected chi connectivity index (χ0v) is 11.7. The summed E-state index contributed by atoms with van der Waals surface area (Å²) in [5.41, 5.74) is 7.25. The van der Waals surface area contributed by atoms with E-state index in [1.54, 1.807) is 18.2 Å². The van der Waals surface area contributed by atoms with Crippen molar-refractivity contribution < 1.29 is 9.21 Å². The van der Waals surface area contributed by atoms with Gasteiger partial charge in [0.1, 0.15) is 0 Å². The summed E-state index contributed by atoms with van der Waals surface area (Å²) in [5, 5.41) is 11.1. The molecule has 0 saturated heterocycles. The van der Waals surface area contributed by atoms with Crippen LogP contribution in [0.1, 0.15) is 16.2 Å². The molecule has 3 rings (SSSR count). The Kier molecular flexibility index (Phi) is 3.82. The Morgan fingerprint density at radius 1 is 1.05 bits per heavy atom. The van der Waals surface area contributed by atoms with Gasteiger partial charge in [-0.3, -0.25) is 4.79 Å². The zero-order valence-electron chi connectivity index (χ0n) is 11.7. The zero-order chi connectivity index (χ0) is 15.4. The summed E-state index contributed by atoms with van der Waals surface area (Å²) in [4.78, 5) is 11.4. The topological polar surface area (TPSA) is 94.0 Å². The van der Waals surface area contributed by atoms with Crippen molar-refractivity contribution in [1.29, 1.82) is 0 Å². The van der Waals surface area contributed by atoms with E-state index in [9.17, 15) is 4.79 Å². The third kappa shape index (κ3) is 2.95. The van der Waals surface area contributed by atoms with Gasteiger partial charge in [0, 0.05) is 11.3 Å². The average Bonchev–Trinajstić information content (AvgIpc) is 3.03. The molecule has 6 heteroatoms. The third-order valence-corrected chi connectivity index (χ3v) is 3.11. The number of nitrogens with zero attached hydrogens (tertiary/aromatic N) is 2. The number of rotatable bonds is 5. The predicted octanol–water partition coefficient (Wildman–Crippen LogP) is 2.45. The van der Waals surface area contributed by atoms with Crippen LogP contribution in [0, 0.1) is 0 Å². The minimum atomic E-state index is -0.487. The van der Waals surface area contributed by atoms with Crippen molar-refractivity contribution >= 4 is 11.6 Å². The highest BCUT2D eigenvalue weighted by atomic mass is 16.4. The van der Waals surface area contributed by atoms with E-state index in [1.165, 1.54) is 0 Å². The molecule has 0 saturated carbocycles. The van der Waals surface area contributed by atoms with Crippen LogP contribution < -0.4 is 11.1 Å². The van der Waals surface area contributed by atoms with E-state index in [-0.39, 0.29) is 0 Å². The molecule has 3 N–H and O–H groups in total. The summed E-state index contributed by atoms with van der Waals surface area (Å²) in [6.45, 7) is 0.310. The summed E-state index contributed by atoms with van der Waals surface area (Å²) >= 11 is 0. The Labute approximate surface area is 127 Å². The maximum atomic E-state index is 11.4. The second-order valence-electron chi connectivity index (χ2n) is 4.63. The minimum absolute atomic E-state index is 0.310. The lowest BCUT2D eigenvalue weighted by molar-refractivity contribution is 0.100. The van der Waals surface area contributed by atoms with Gasteiger partial charge in [-0.25, -0.2) is 0 Å². The fourth-order valence-corrected chi connectivity index (χ4v) is 2.05. The number of anilines is 1. The normalized spacial score (nSPS) is 10.4. The van der Waals surface area contributed by atoms with E-state index in [0.29, 0.717) is 29.6 Å². The summed E-state index contributed by atoms with van der Waals surface area (Å²) in [7, 11) is 0. The number of hydrogen-bond acceptors (Lipinski definition) is 5. The second-order valence-corrected chi connectivity index (χ2v) is 4.63. The summed E-state index contributed by atoms with van der Waals surface area (Å²) in [6, 6.07) is 16.5. The molecule has 1 aromatic heterocycles. The van der Waals surface area contributed by atoms with E-state index in [4.69, 9.17) is 10.2 Å². The van der Waals surface area contributed by atoms with Crippen molar-refractivity contribution in [2.75, 3.05) is 5.32 Å². The number of para-hydroxylation sites is 1. The molecule has 110 valence electrons. The number of nitrogens with one attached hydrogen (secondary N) is 1. The summed E-state index contributed by atoms with van der Waals surface area (Å²) in [5.74, 6) is 0.400. The monoisotopic (exact) mass is 294 g/mol. The molecule has 0 aliphatic heterocycles. The number of amides is 1. The predicted molar refractivity (Wildman–Crippen MR) is 82.0 cm³/mol. The van der Waals surface area contributed by atoms with Crippen molar-refractivity contribution in [3.05, 3.63) is 66.1 Å². The minimum Gasteiger partial charge on any atom is -0.419 e. The fraction of sp³-hybridized carbons (Fsp3) is 0.0625. The molecule has 0 unspecified atom stereocenters. The van der Waals surface area contributed by atoms with Crippen molar-refractivity contribution in [2.45, 2.75) is 6.54 Å². The lowest BCUT2D eigenvalue weighted by atomic mass is 10.1. The van der Waals surface area contributed by atoms with Gasteiger partial charge in [-0.2, -0.15) is 0 Å². The third-order valence-electron chi connectivity index (χ3n) is 3.11. The van der Waals surface area contributed by atoms with Gasteiger partial charge in [-0.1, -0.05) is 30.3 Å². The molecule has 22 heavy (non-hydrogen) atoms. The molecule has 6 nitrogen and oxygen atoms in total. The van der Waals surface area contributed by atoms with Crippen molar-refractivity contribution in [3.63, 3.8) is 0 Å². The van der Waals surface area contributed by atoms with Gasteiger partial charge in [-0.15, -0.1) is 10.2 Å². The van der Waals surface area contributed by atoms with Crippen LogP contribution in [0.5, 0.6) is 0 Å². The van der Waals surface area contributed by atoms with Crippen LogP contribution in [0.3, 0.4) is 0 Å². The molecule has 0 aliphatic rings. The molecule has 1 heterocycles. The van der Waals surface area contributed by atoms with E-state index < -0.39 is 5.91 Å². The molecule has 0 spiro atoms. The van der Waals surface area contributed by atoms with Crippen molar-refractivity contribution in [1.82, 2.24) is 10.2 Å². The van der Waals surface area contributed by atoms with E-state index in [2.05, 4.69) is 15.5 Å². The van der Waals surface area contributed by atoms with E-state index >= 15 is 0 Å². The van der Waals surface area contributed by atoms with Crippen LogP contribution in [0.15, 0.2) is 59.0 Å². The molecule has 0 fully saturated rings. The highest BCUT2D eigenvalue weighted by molar-refractivity contribution is 5.98. The fourth-order valence-electron chi connectivity index (χ4n) is 2.05. The smallest absolute Gasteiger partial charge is 0.250 e. The molecule has 0 radical (unpaired) electrons. The Morgan fingerprint density at radius 2 is 1.77 bits per heavy atom. The Morgan fingerprint density at radius 3 is 2.55 bits per heavy atom. The molecule has 0 bridgehead atoms. The highest BCUT2D eigenvalue weighted by Gasteiger charge is 2.10. The van der Waals surface area contributed by atoms with Gasteiger partial charge in [0.25, 0.3) is 5.91 Å². The first-order valence-corrected chi connectivity index (χ1v) is 6.74. The lowest BCUT2D eigenvalue weighted by Crippen LogP contribution is -2.14. The van der Waals surface area contributed by atoms with Crippen LogP contribution in [0.4, 0.5) is 5.69 Å². The molecule has 2 aromatic carbocycles. The van der Waals surface area contributed by atoms with Gasteiger partial charge >= 0.3 is 0 Å². The molecule has 3 aromatic rings. The number of nitrogens with two attached hydrogens (primary N) is 1. The Hall–Kier alpha value is -3.15. The van der Waals surface area contributed by atoms with Gasteiger partial charge in [0.05, 0.1) is 12.1 Å². The summed E-state index contributed by atoms with van der Waals surface area (Å²) < 4.78 is 5.59. The maximum absolute atomic E-state index is 11.4. The first-order valence-electron chi connectivity index (χ1n) is 6.74. The first kappa shape index (κ1) is 13.8. The van der Waals surface area contributed by atoms with Crippen molar-refractivity contribution in [2.24, 2.45) is 5.73 Å². The van der Waals surface area contributed by atoms with Gasteiger partial charge in [0.15, 0.2) is 0 Å². The van der Waals surface area contributed by atoms with Crippen LogP contribution in [0.25, 0.3) is 11.5 Å². The largest absolute Gasteiger partial charge is 0.419 e. The molecule has 0 aliphatic carbocycles. The Bertz CT molecular complexity index is 784. The van der Waals surface area contributed by atoms with Crippen LogP contribution >= 0.6 is 0 Å². The summed E-state index contributed by atoms with van der Waals surface area (Å²) in [6.07, 6.45) is 0. The van der Waals surface area contributed by atoms with Gasteiger partial charge < -0.3 is 15.5 Å². The molecule has 1 amide bonds. The average molecular weight is 294 g/mol. The highest BCUT2D eigenvalue weighted by Crippen LogP contribution is 2.19. The maximum Gasteiger partial charge on any atom is 0.250 e. The van der Waals surface area contributed by atoms with E-state index in [0.717, 1.165) is 5.56 Å². The molecular weight excluding hydrogens is 280 g/mol. The van der Waals surface area contributed by atoms with Crippen LogP contribution in [-0.2, 0) is 6.54 Å². The lowest BCUT2D eigenvalue weighted by Gasteiger charge is -2.07. The number of hydrogen-bond donors (Lipinski definition) is 2. The molecular formula is C16H14N4O2. The number of benzene rings is 2. The number of aromatic nitrogens is 2. The van der Waals surface area contributed by atoms with Gasteiger partial charge in [-0.05, 0) is 24.3 Å². The van der Waals surface area contributed by atoms with E-state index in [1.807, 2.05) is 36.4 Å². The number of carbonyl (C=O) groups is 1. The SMILES string of the molecule is NC(=O)c1ccccc1NCc1nnc(-c2ccccc2)o1. The van der Waals surface area contributed by atoms with Gasteiger partial charge in [0.2, 0.25) is 11.8 Å². The van der Waals surface area contributed by atoms with Crippen LogP contribution in [0.2, 0.25) is 0 Å². The number of primary amides is 1. The van der Waals surface area contributed by atoms with Crippen LogP contribution in [-0.4, -0.2) is 16.1 Å². The quantitative estimate of drug-likeness (QED) is 0.753. The second kappa shape index (κ2) is 6.09. The molecule has 0 atom stereocenters. The number of carbonyl (C=O) groups excluding carboxylic acids is 1. The Balaban J connectivity index is 1.73.